The number of hydrogen-bond acceptors (Lipinski definition) is 7. The van der Waals surface area contributed by atoms with Crippen molar-refractivity contribution in [2.24, 2.45) is 11.3 Å². The Bertz CT molecular complexity index is 1110. The number of nitrogens with zero attached hydrogens (tertiary/aromatic N) is 1. The topological polar surface area (TPSA) is 153 Å². The third-order valence-electron chi connectivity index (χ3n) is 6.91. The molecule has 4 rings (SSSR count). The molecular weight excluding hydrogens is 500 g/mol. The normalized spacial score (nSPS) is 20.5. The van der Waals surface area contributed by atoms with E-state index < -0.39 is 23.3 Å². The second-order valence-electron chi connectivity index (χ2n) is 10.8. The van der Waals surface area contributed by atoms with E-state index in [2.05, 4.69) is 15.6 Å². The molecule has 0 spiro atoms. The lowest BCUT2D eigenvalue weighted by atomic mass is 9.80. The van der Waals surface area contributed by atoms with Gasteiger partial charge >= 0.3 is 5.97 Å². The molecule has 2 aliphatic rings. The maximum absolute atomic E-state index is 13.4. The maximum atomic E-state index is 13.4. The zero-order chi connectivity index (χ0) is 28.4. The van der Waals surface area contributed by atoms with Crippen LogP contribution < -0.4 is 21.1 Å². The van der Waals surface area contributed by atoms with Gasteiger partial charge in [-0.3, -0.25) is 14.4 Å². The van der Waals surface area contributed by atoms with Gasteiger partial charge in [0.15, 0.2) is 0 Å². The number of amides is 2. The van der Waals surface area contributed by atoms with E-state index in [1.165, 1.54) is 13.1 Å². The van der Waals surface area contributed by atoms with Gasteiger partial charge in [-0.05, 0) is 61.4 Å². The van der Waals surface area contributed by atoms with Crippen LogP contribution in [0.4, 0.5) is 5.82 Å². The summed E-state index contributed by atoms with van der Waals surface area (Å²) < 4.78 is 11.6. The monoisotopic (exact) mass is 540 g/mol. The number of anilines is 1. The number of nitrogens with two attached hydrogens (primary N) is 1. The number of nitrogens with one attached hydrogen (secondary N) is 2. The number of aliphatic carboxylic acids is 1. The van der Waals surface area contributed by atoms with E-state index in [4.69, 9.17) is 15.2 Å². The summed E-state index contributed by atoms with van der Waals surface area (Å²) >= 11 is 0. The maximum Gasteiger partial charge on any atom is 0.310 e. The number of carbonyl (C=O) groups is 3. The van der Waals surface area contributed by atoms with Gasteiger partial charge in [0.1, 0.15) is 17.6 Å². The largest absolute Gasteiger partial charge is 0.494 e. The number of benzene rings is 1. The fraction of sp³-hybridized carbons (Fsp3) is 0.517. The molecule has 2 bridgehead atoms. The van der Waals surface area contributed by atoms with Crippen molar-refractivity contribution in [1.29, 1.82) is 0 Å². The Morgan fingerprint density at radius 2 is 1.90 bits per heavy atom. The number of aromatic nitrogens is 1. The highest BCUT2D eigenvalue weighted by Crippen LogP contribution is 2.27. The minimum absolute atomic E-state index is 0.0775. The van der Waals surface area contributed by atoms with E-state index in [9.17, 15) is 19.5 Å². The molecule has 2 aromatic rings. The van der Waals surface area contributed by atoms with Crippen LogP contribution in [0.15, 0.2) is 42.6 Å². The summed E-state index contributed by atoms with van der Waals surface area (Å²) in [4.78, 5) is 42.9. The minimum atomic E-state index is -1.41. The lowest BCUT2D eigenvalue weighted by Crippen LogP contribution is -2.53. The Kier molecular flexibility index (Phi) is 10.7. The number of nitrogen functional groups attached to an aromatic ring is 1. The van der Waals surface area contributed by atoms with Crippen molar-refractivity contribution in [2.75, 3.05) is 25.6 Å². The first kappa shape index (κ1) is 29.9. The Labute approximate surface area is 229 Å². The fourth-order valence-corrected chi connectivity index (χ4v) is 4.36. The van der Waals surface area contributed by atoms with Gasteiger partial charge in [-0.25, -0.2) is 4.98 Å². The van der Waals surface area contributed by atoms with Crippen LogP contribution in [0.3, 0.4) is 0 Å². The summed E-state index contributed by atoms with van der Waals surface area (Å²) in [5.74, 6) is -0.844. The number of hydrogen-bond donors (Lipinski definition) is 4. The van der Waals surface area contributed by atoms with Crippen molar-refractivity contribution in [3.05, 3.63) is 53.7 Å². The van der Waals surface area contributed by atoms with Crippen LogP contribution in [-0.4, -0.2) is 59.8 Å². The van der Waals surface area contributed by atoms with E-state index in [1.54, 1.807) is 12.1 Å². The second-order valence-corrected chi connectivity index (χ2v) is 10.8. The van der Waals surface area contributed by atoms with Gasteiger partial charge in [0, 0.05) is 25.6 Å². The third kappa shape index (κ3) is 9.24. The fourth-order valence-electron chi connectivity index (χ4n) is 4.36. The first-order valence-corrected chi connectivity index (χ1v) is 13.4. The molecule has 3 heterocycles. The number of carbonyl (C=O) groups excluding carboxylic acids is 2. The molecule has 3 atom stereocenters. The molecular formula is C29H40N4O6. The molecule has 0 saturated carbocycles. The van der Waals surface area contributed by atoms with Crippen molar-refractivity contribution in [1.82, 2.24) is 15.6 Å². The van der Waals surface area contributed by atoms with Gasteiger partial charge in [-0.1, -0.05) is 32.0 Å². The smallest absolute Gasteiger partial charge is 0.310 e. The summed E-state index contributed by atoms with van der Waals surface area (Å²) in [7, 11) is 0. The van der Waals surface area contributed by atoms with E-state index in [0.29, 0.717) is 31.2 Å². The number of ether oxygens (including phenoxy) is 2. The number of rotatable bonds is 7. The summed E-state index contributed by atoms with van der Waals surface area (Å²) in [5, 5.41) is 15.8. The van der Waals surface area contributed by atoms with Crippen LogP contribution >= 0.6 is 0 Å². The van der Waals surface area contributed by atoms with Crippen LogP contribution in [-0.2, 0) is 32.0 Å². The summed E-state index contributed by atoms with van der Waals surface area (Å²) in [5.41, 5.74) is 5.71. The van der Waals surface area contributed by atoms with Gasteiger partial charge < -0.3 is 30.9 Å². The Balaban J connectivity index is 1.79. The summed E-state index contributed by atoms with van der Waals surface area (Å²) in [6.07, 6.45) is 3.19. The zero-order valence-corrected chi connectivity index (χ0v) is 22.9. The van der Waals surface area contributed by atoms with Gasteiger partial charge in [0.2, 0.25) is 11.8 Å². The van der Waals surface area contributed by atoms with Crippen molar-refractivity contribution in [3.63, 3.8) is 0 Å². The first-order chi connectivity index (χ1) is 18.6. The molecule has 1 aromatic carbocycles. The van der Waals surface area contributed by atoms with Crippen molar-refractivity contribution < 1.29 is 29.0 Å². The molecule has 1 aromatic heterocycles. The van der Waals surface area contributed by atoms with Gasteiger partial charge in [0.25, 0.3) is 0 Å². The molecule has 0 aliphatic carbocycles. The Morgan fingerprint density at radius 3 is 2.54 bits per heavy atom. The number of carboxylic acids is 1. The molecule has 212 valence electrons. The quantitative estimate of drug-likeness (QED) is 0.418. The Hall–Kier alpha value is -3.66. The standard InChI is InChI=1S/C29H40N4O6/c1-19(2)24-18-38-12-4-5-13-39-22-9-6-20(7-10-22)14-23(27(35)33-24)32-26(34)16-29(3,28(36)37)15-21-8-11-25(30)31-17-21/h6-11,17,19,23-24H,4-5,12-16,18H2,1-3H3,(H2,30,31)(H,32,34)(H,33,35)(H,36,37)/t23-,24-,29-/m1/s1. The highest BCUT2D eigenvalue weighted by atomic mass is 16.5. The van der Waals surface area contributed by atoms with Crippen LogP contribution in [0.5, 0.6) is 5.75 Å². The molecule has 10 heteroatoms. The lowest BCUT2D eigenvalue weighted by molar-refractivity contribution is -0.150. The van der Waals surface area contributed by atoms with E-state index in [0.717, 1.165) is 24.2 Å². The Morgan fingerprint density at radius 1 is 1.18 bits per heavy atom. The first-order valence-electron chi connectivity index (χ1n) is 13.4. The SMILES string of the molecule is CC(C)[C@H]1COCCCCOc2ccc(cc2)C[C@@H](NC(=O)C[C@@](C)(Cc2ccc(N)nc2)C(=O)O)C(=O)N1. The highest BCUT2D eigenvalue weighted by Gasteiger charge is 2.37. The molecule has 2 aliphatic heterocycles. The molecule has 0 saturated heterocycles. The predicted octanol–water partition coefficient (Wildman–Crippen LogP) is 2.74. The van der Waals surface area contributed by atoms with Crippen molar-refractivity contribution >= 4 is 23.6 Å². The average molecular weight is 541 g/mol. The van der Waals surface area contributed by atoms with Crippen LogP contribution in [0.1, 0.15) is 51.2 Å². The van der Waals surface area contributed by atoms with Gasteiger partial charge in [0.05, 0.1) is 24.7 Å². The number of carboxylic acid groups (broad SMARTS) is 1. The molecule has 2 amide bonds. The molecule has 39 heavy (non-hydrogen) atoms. The number of pyridine rings is 1. The van der Waals surface area contributed by atoms with Crippen LogP contribution in [0.2, 0.25) is 0 Å². The van der Waals surface area contributed by atoms with E-state index >= 15 is 0 Å². The minimum Gasteiger partial charge on any atom is -0.494 e. The highest BCUT2D eigenvalue weighted by molar-refractivity contribution is 5.90. The molecule has 5 N–H and O–H groups in total. The molecule has 0 radical (unpaired) electrons. The summed E-state index contributed by atoms with van der Waals surface area (Å²) in [6, 6.07) is 9.55. The third-order valence-corrected chi connectivity index (χ3v) is 6.91. The van der Waals surface area contributed by atoms with Crippen molar-refractivity contribution in [2.45, 2.75) is 65.0 Å². The van der Waals surface area contributed by atoms with E-state index in [-0.39, 0.29) is 37.1 Å². The molecule has 10 nitrogen and oxygen atoms in total. The lowest BCUT2D eigenvalue weighted by Gasteiger charge is -2.28. The van der Waals surface area contributed by atoms with Crippen LogP contribution in [0, 0.1) is 11.3 Å². The predicted molar refractivity (Wildman–Crippen MR) is 147 cm³/mol. The summed E-state index contributed by atoms with van der Waals surface area (Å²) in [6.45, 7) is 6.99. The van der Waals surface area contributed by atoms with Crippen molar-refractivity contribution in [3.8, 4) is 5.75 Å². The zero-order valence-electron chi connectivity index (χ0n) is 22.9. The van der Waals surface area contributed by atoms with Crippen LogP contribution in [0.25, 0.3) is 0 Å². The number of fused-ring (bicyclic) bond motifs is 13. The average Bonchev–Trinajstić information content (AvgIpc) is 2.88. The van der Waals surface area contributed by atoms with Gasteiger partial charge in [-0.2, -0.15) is 0 Å². The van der Waals surface area contributed by atoms with Gasteiger partial charge in [-0.15, -0.1) is 0 Å². The molecule has 0 fully saturated rings. The molecule has 0 unspecified atom stereocenters. The second kappa shape index (κ2) is 13.9. The van der Waals surface area contributed by atoms with E-state index in [1.807, 2.05) is 38.1 Å².